The minimum Gasteiger partial charge on any atom is -0.352 e. The molecule has 1 saturated carbocycles. The topological polar surface area (TPSA) is 32.3 Å². The summed E-state index contributed by atoms with van der Waals surface area (Å²) in [5.74, 6) is 0.242. The molecule has 1 N–H and O–H groups in total. The zero-order chi connectivity index (χ0) is 12.4. The van der Waals surface area contributed by atoms with E-state index in [0.717, 1.165) is 38.8 Å². The van der Waals surface area contributed by atoms with E-state index in [1.807, 2.05) is 6.07 Å². The van der Waals surface area contributed by atoms with Gasteiger partial charge in [-0.1, -0.05) is 30.3 Å². The summed E-state index contributed by atoms with van der Waals surface area (Å²) >= 11 is 0. The molecule has 1 aliphatic carbocycles. The molecule has 1 aromatic rings. The van der Waals surface area contributed by atoms with E-state index in [2.05, 4.69) is 34.5 Å². The highest BCUT2D eigenvalue weighted by atomic mass is 16.2. The molecule has 2 fully saturated rings. The van der Waals surface area contributed by atoms with Crippen molar-refractivity contribution in [3.63, 3.8) is 0 Å². The molecule has 1 atom stereocenters. The largest absolute Gasteiger partial charge is 0.352 e. The Morgan fingerprint density at radius 3 is 2.72 bits per heavy atom. The Kier molecular flexibility index (Phi) is 3.33. The number of hydrogen-bond donors (Lipinski definition) is 1. The summed E-state index contributed by atoms with van der Waals surface area (Å²) in [6, 6.07) is 11.0. The molecule has 1 aliphatic heterocycles. The van der Waals surface area contributed by atoms with Crippen LogP contribution in [0.15, 0.2) is 30.3 Å². The Morgan fingerprint density at radius 2 is 2.00 bits per heavy atom. The van der Waals surface area contributed by atoms with E-state index in [4.69, 9.17) is 0 Å². The van der Waals surface area contributed by atoms with Gasteiger partial charge in [0.1, 0.15) is 0 Å². The van der Waals surface area contributed by atoms with Crippen molar-refractivity contribution in [2.75, 3.05) is 6.54 Å². The summed E-state index contributed by atoms with van der Waals surface area (Å²) in [7, 11) is 0. The average Bonchev–Trinajstić information content (AvgIpc) is 3.07. The van der Waals surface area contributed by atoms with Gasteiger partial charge < -0.3 is 5.32 Å². The Labute approximate surface area is 108 Å². The van der Waals surface area contributed by atoms with E-state index in [0.29, 0.717) is 6.04 Å². The smallest absolute Gasteiger partial charge is 0.237 e. The predicted molar refractivity (Wildman–Crippen MR) is 71.0 cm³/mol. The summed E-state index contributed by atoms with van der Waals surface area (Å²) in [4.78, 5) is 14.5. The van der Waals surface area contributed by atoms with Crippen molar-refractivity contribution in [3.8, 4) is 0 Å². The molecule has 1 heterocycles. The molecular formula is C15H20N2O. The third-order valence-corrected chi connectivity index (χ3v) is 3.82. The number of hydrogen-bond acceptors (Lipinski definition) is 2. The van der Waals surface area contributed by atoms with Gasteiger partial charge in [0.15, 0.2) is 0 Å². The number of rotatable bonds is 4. The molecule has 3 rings (SSSR count). The van der Waals surface area contributed by atoms with Gasteiger partial charge in [0.05, 0.1) is 6.04 Å². The molecule has 0 bridgehead atoms. The molecule has 3 heteroatoms. The zero-order valence-corrected chi connectivity index (χ0v) is 10.6. The number of amides is 1. The first-order chi connectivity index (χ1) is 8.83. The van der Waals surface area contributed by atoms with Crippen molar-refractivity contribution in [3.05, 3.63) is 35.9 Å². The highest BCUT2D eigenvalue weighted by molar-refractivity contribution is 5.82. The molecule has 3 nitrogen and oxygen atoms in total. The Bertz CT molecular complexity index is 414. The first-order valence-corrected chi connectivity index (χ1v) is 6.91. The van der Waals surface area contributed by atoms with Crippen LogP contribution >= 0.6 is 0 Å². The van der Waals surface area contributed by atoms with Crippen LogP contribution < -0.4 is 5.32 Å². The van der Waals surface area contributed by atoms with Crippen LogP contribution in [0, 0.1) is 0 Å². The van der Waals surface area contributed by atoms with Gasteiger partial charge in [0.2, 0.25) is 5.91 Å². The number of benzene rings is 1. The first kappa shape index (κ1) is 11.7. The molecule has 1 saturated heterocycles. The minimum atomic E-state index is 0.0887. The maximum atomic E-state index is 12.1. The number of nitrogens with zero attached hydrogens (tertiary/aromatic N) is 1. The van der Waals surface area contributed by atoms with Crippen LogP contribution in [0.5, 0.6) is 0 Å². The molecule has 0 aromatic heterocycles. The lowest BCUT2D eigenvalue weighted by molar-refractivity contribution is -0.125. The molecular weight excluding hydrogens is 224 g/mol. The Morgan fingerprint density at radius 1 is 1.22 bits per heavy atom. The molecule has 0 spiro atoms. The lowest BCUT2D eigenvalue weighted by atomic mass is 10.1. The molecule has 96 valence electrons. The summed E-state index contributed by atoms with van der Waals surface area (Å²) in [5, 5.41) is 3.13. The van der Waals surface area contributed by atoms with Gasteiger partial charge in [-0.05, 0) is 37.8 Å². The summed E-state index contributed by atoms with van der Waals surface area (Å²) in [6.45, 7) is 1.93. The van der Waals surface area contributed by atoms with Crippen LogP contribution in [0.1, 0.15) is 31.2 Å². The van der Waals surface area contributed by atoms with Crippen molar-refractivity contribution < 1.29 is 4.79 Å². The van der Waals surface area contributed by atoms with Gasteiger partial charge in [-0.2, -0.15) is 0 Å². The fraction of sp³-hybridized carbons (Fsp3) is 0.533. The van der Waals surface area contributed by atoms with Gasteiger partial charge in [0, 0.05) is 12.6 Å². The number of likely N-dealkylation sites (tertiary alicyclic amines) is 1. The molecule has 1 aromatic carbocycles. The third-order valence-electron chi connectivity index (χ3n) is 3.82. The van der Waals surface area contributed by atoms with Crippen molar-refractivity contribution >= 4 is 5.91 Å². The standard InChI is InChI=1S/C15H20N2O/c18-15(16-13-8-9-13)14-7-4-10-17(14)11-12-5-2-1-3-6-12/h1-3,5-6,13-14H,4,7-11H2,(H,16,18)/t14-/m1/s1. The van der Waals surface area contributed by atoms with Gasteiger partial charge in [-0.25, -0.2) is 0 Å². The quantitative estimate of drug-likeness (QED) is 0.877. The van der Waals surface area contributed by atoms with Gasteiger partial charge >= 0.3 is 0 Å². The Balaban J connectivity index is 1.61. The fourth-order valence-electron chi connectivity index (χ4n) is 2.66. The fourth-order valence-corrected chi connectivity index (χ4v) is 2.66. The summed E-state index contributed by atoms with van der Waals surface area (Å²) in [5.41, 5.74) is 1.30. The molecule has 18 heavy (non-hydrogen) atoms. The second-order valence-corrected chi connectivity index (χ2v) is 5.40. The van der Waals surface area contributed by atoms with Crippen LogP contribution in [-0.4, -0.2) is 29.4 Å². The maximum absolute atomic E-state index is 12.1. The number of carbonyl (C=O) groups excluding carboxylic acids is 1. The maximum Gasteiger partial charge on any atom is 0.237 e. The highest BCUT2D eigenvalue weighted by Crippen LogP contribution is 2.23. The van der Waals surface area contributed by atoms with Gasteiger partial charge in [0.25, 0.3) is 0 Å². The van der Waals surface area contributed by atoms with E-state index < -0.39 is 0 Å². The van der Waals surface area contributed by atoms with Crippen molar-refractivity contribution in [2.24, 2.45) is 0 Å². The van der Waals surface area contributed by atoms with E-state index in [9.17, 15) is 4.79 Å². The van der Waals surface area contributed by atoms with E-state index in [-0.39, 0.29) is 11.9 Å². The second-order valence-electron chi connectivity index (χ2n) is 5.40. The lowest BCUT2D eigenvalue weighted by Crippen LogP contribution is -2.43. The van der Waals surface area contributed by atoms with E-state index >= 15 is 0 Å². The molecule has 0 unspecified atom stereocenters. The number of carbonyl (C=O) groups is 1. The first-order valence-electron chi connectivity index (χ1n) is 6.91. The van der Waals surface area contributed by atoms with E-state index in [1.54, 1.807) is 0 Å². The highest BCUT2D eigenvalue weighted by Gasteiger charge is 2.33. The van der Waals surface area contributed by atoms with Gasteiger partial charge in [-0.15, -0.1) is 0 Å². The zero-order valence-electron chi connectivity index (χ0n) is 10.6. The average molecular weight is 244 g/mol. The normalized spacial score (nSPS) is 24.1. The second kappa shape index (κ2) is 5.11. The van der Waals surface area contributed by atoms with Crippen LogP contribution in [-0.2, 0) is 11.3 Å². The van der Waals surface area contributed by atoms with Crippen molar-refractivity contribution in [1.29, 1.82) is 0 Å². The SMILES string of the molecule is O=C(NC1CC1)[C@H]1CCCN1Cc1ccccc1. The molecule has 0 radical (unpaired) electrons. The number of nitrogens with one attached hydrogen (secondary N) is 1. The Hall–Kier alpha value is -1.35. The summed E-state index contributed by atoms with van der Waals surface area (Å²) < 4.78 is 0. The molecule has 1 amide bonds. The monoisotopic (exact) mass is 244 g/mol. The van der Waals surface area contributed by atoms with Gasteiger partial charge in [-0.3, -0.25) is 9.69 Å². The van der Waals surface area contributed by atoms with Crippen LogP contribution in [0.3, 0.4) is 0 Å². The van der Waals surface area contributed by atoms with Crippen LogP contribution in [0.4, 0.5) is 0 Å². The molecule has 2 aliphatic rings. The predicted octanol–water partition coefficient (Wildman–Crippen LogP) is 1.93. The lowest BCUT2D eigenvalue weighted by Gasteiger charge is -2.23. The van der Waals surface area contributed by atoms with Crippen molar-refractivity contribution in [2.45, 2.75) is 44.3 Å². The van der Waals surface area contributed by atoms with Crippen LogP contribution in [0.25, 0.3) is 0 Å². The van der Waals surface area contributed by atoms with Crippen molar-refractivity contribution in [1.82, 2.24) is 10.2 Å². The third kappa shape index (κ3) is 2.72. The van der Waals surface area contributed by atoms with Crippen LogP contribution in [0.2, 0.25) is 0 Å². The minimum absolute atomic E-state index is 0.0887. The summed E-state index contributed by atoms with van der Waals surface area (Å²) in [6.07, 6.45) is 4.47. The van der Waals surface area contributed by atoms with E-state index in [1.165, 1.54) is 5.56 Å².